The number of carbonyl (C=O) groups excluding carboxylic acids is 2. The van der Waals surface area contributed by atoms with Crippen molar-refractivity contribution in [1.82, 2.24) is 0 Å². The molecule has 8 heteroatoms. The number of esters is 2. The van der Waals surface area contributed by atoms with Gasteiger partial charge in [0.05, 0.1) is 13.2 Å². The van der Waals surface area contributed by atoms with E-state index in [1.54, 1.807) is 12.1 Å². The molecule has 0 amide bonds. The zero-order valence-electron chi connectivity index (χ0n) is 16.4. The van der Waals surface area contributed by atoms with Gasteiger partial charge in [-0.15, -0.1) is 0 Å². The van der Waals surface area contributed by atoms with Crippen LogP contribution in [-0.4, -0.2) is 60.8 Å². The maximum atomic E-state index is 11.3. The van der Waals surface area contributed by atoms with Crippen LogP contribution in [0.3, 0.4) is 0 Å². The van der Waals surface area contributed by atoms with Gasteiger partial charge in [-0.2, -0.15) is 0 Å². The monoisotopic (exact) mass is 416 g/mol. The zero-order chi connectivity index (χ0) is 21.9. The Bertz CT molecular complexity index is 819. The Hall–Kier alpha value is -3.36. The molecule has 2 aromatic rings. The minimum atomic E-state index is -0.838. The Morgan fingerprint density at radius 2 is 1.20 bits per heavy atom. The molecule has 8 nitrogen and oxygen atoms in total. The minimum Gasteiger partial charge on any atom is -0.489 e. The van der Waals surface area contributed by atoms with Crippen molar-refractivity contribution >= 4 is 22.7 Å². The topological polar surface area (TPSA) is 112 Å². The Balaban J connectivity index is 2.14. The third-order valence-electron chi connectivity index (χ3n) is 4.00. The van der Waals surface area contributed by atoms with Crippen molar-refractivity contribution in [3.63, 3.8) is 0 Å². The minimum absolute atomic E-state index is 0.0512. The zero-order valence-corrected chi connectivity index (χ0v) is 16.4. The number of aliphatic hydroxyl groups is 2. The van der Waals surface area contributed by atoms with Crippen LogP contribution in [0.25, 0.3) is 10.8 Å². The Labute approximate surface area is 173 Å². The Kier molecular flexibility index (Phi) is 8.86. The molecule has 0 aliphatic carbocycles. The second kappa shape index (κ2) is 11.6. The van der Waals surface area contributed by atoms with Crippen LogP contribution in [0.15, 0.2) is 61.7 Å². The standard InChI is InChI=1S/C22H24O8/c1-3-21(25)29-15(11-23)13-27-19-9-10-20(18-8-6-5-7-17(18)19)28-14-16(12-24)30-22(26)4-2/h3-10,15-16,23-24H,1-2,11-14H2. The fourth-order valence-corrected chi connectivity index (χ4v) is 2.53. The van der Waals surface area contributed by atoms with Crippen molar-refractivity contribution in [1.29, 1.82) is 0 Å². The highest BCUT2D eigenvalue weighted by Gasteiger charge is 2.16. The predicted octanol–water partition coefficient (Wildman–Crippen LogP) is 1.78. The summed E-state index contributed by atoms with van der Waals surface area (Å²) in [6, 6.07) is 10.6. The predicted molar refractivity (Wildman–Crippen MR) is 109 cm³/mol. The largest absolute Gasteiger partial charge is 0.489 e. The van der Waals surface area contributed by atoms with Crippen LogP contribution in [0.5, 0.6) is 11.5 Å². The highest BCUT2D eigenvalue weighted by molar-refractivity contribution is 5.93. The summed E-state index contributed by atoms with van der Waals surface area (Å²) in [5, 5.41) is 20.2. The van der Waals surface area contributed by atoms with Crippen LogP contribution >= 0.6 is 0 Å². The second-order valence-corrected chi connectivity index (χ2v) is 6.12. The molecule has 30 heavy (non-hydrogen) atoms. The van der Waals surface area contributed by atoms with E-state index in [4.69, 9.17) is 18.9 Å². The first-order valence-corrected chi connectivity index (χ1v) is 9.17. The third-order valence-corrected chi connectivity index (χ3v) is 4.00. The lowest BCUT2D eigenvalue weighted by Gasteiger charge is -2.19. The molecule has 2 unspecified atom stereocenters. The lowest BCUT2D eigenvalue weighted by Crippen LogP contribution is -2.28. The lowest BCUT2D eigenvalue weighted by atomic mass is 10.1. The smallest absolute Gasteiger partial charge is 0.330 e. The van der Waals surface area contributed by atoms with Crippen LogP contribution in [0.1, 0.15) is 0 Å². The first-order valence-electron chi connectivity index (χ1n) is 9.17. The maximum absolute atomic E-state index is 11.3. The Morgan fingerprint density at radius 1 is 0.800 bits per heavy atom. The van der Waals surface area contributed by atoms with Gasteiger partial charge in [-0.1, -0.05) is 37.4 Å². The molecule has 0 radical (unpaired) electrons. The maximum Gasteiger partial charge on any atom is 0.330 e. The van der Waals surface area contributed by atoms with Crippen molar-refractivity contribution < 1.29 is 38.7 Å². The molecule has 0 fully saturated rings. The summed E-state index contributed by atoms with van der Waals surface area (Å²) >= 11 is 0. The third kappa shape index (κ3) is 6.33. The molecule has 2 atom stereocenters. The number of benzene rings is 2. The molecule has 0 bridgehead atoms. The van der Waals surface area contributed by atoms with Gasteiger partial charge in [-0.05, 0) is 12.1 Å². The summed E-state index contributed by atoms with van der Waals surface area (Å²) < 4.78 is 21.5. The van der Waals surface area contributed by atoms with E-state index in [1.165, 1.54) is 0 Å². The summed E-state index contributed by atoms with van der Waals surface area (Å²) in [7, 11) is 0. The molecular weight excluding hydrogens is 392 g/mol. The van der Waals surface area contributed by atoms with E-state index >= 15 is 0 Å². The molecule has 2 N–H and O–H groups in total. The van der Waals surface area contributed by atoms with E-state index in [1.807, 2.05) is 24.3 Å². The number of ether oxygens (including phenoxy) is 4. The van der Waals surface area contributed by atoms with Gasteiger partial charge in [0.1, 0.15) is 24.7 Å². The van der Waals surface area contributed by atoms with Gasteiger partial charge >= 0.3 is 11.9 Å². The summed E-state index contributed by atoms with van der Waals surface area (Å²) in [4.78, 5) is 22.6. The number of hydrogen-bond acceptors (Lipinski definition) is 8. The van der Waals surface area contributed by atoms with Crippen LogP contribution in [0.2, 0.25) is 0 Å². The van der Waals surface area contributed by atoms with E-state index in [0.29, 0.717) is 11.5 Å². The number of rotatable bonds is 12. The van der Waals surface area contributed by atoms with Crippen molar-refractivity contribution in [2.24, 2.45) is 0 Å². The van der Waals surface area contributed by atoms with Crippen LogP contribution in [-0.2, 0) is 19.1 Å². The van der Waals surface area contributed by atoms with Gasteiger partial charge in [0.2, 0.25) is 0 Å². The molecule has 160 valence electrons. The van der Waals surface area contributed by atoms with E-state index < -0.39 is 37.4 Å². The average molecular weight is 416 g/mol. The van der Waals surface area contributed by atoms with Crippen LogP contribution in [0, 0.1) is 0 Å². The molecule has 0 aliphatic heterocycles. The van der Waals surface area contributed by atoms with Crippen molar-refractivity contribution in [2.45, 2.75) is 12.2 Å². The van der Waals surface area contributed by atoms with Crippen molar-refractivity contribution in [3.8, 4) is 11.5 Å². The Morgan fingerprint density at radius 3 is 1.53 bits per heavy atom. The number of fused-ring (bicyclic) bond motifs is 1. The summed E-state index contributed by atoms with van der Waals surface area (Å²) in [6.07, 6.45) is 0.344. The summed E-state index contributed by atoms with van der Waals surface area (Å²) in [6.45, 7) is 5.73. The van der Waals surface area contributed by atoms with E-state index in [2.05, 4.69) is 13.2 Å². The highest BCUT2D eigenvalue weighted by Crippen LogP contribution is 2.33. The number of aliphatic hydroxyl groups excluding tert-OH is 2. The number of carbonyl (C=O) groups is 2. The lowest BCUT2D eigenvalue weighted by molar-refractivity contribution is -0.147. The van der Waals surface area contributed by atoms with Crippen molar-refractivity contribution in [3.05, 3.63) is 61.7 Å². The van der Waals surface area contributed by atoms with Crippen molar-refractivity contribution in [2.75, 3.05) is 26.4 Å². The normalized spacial score (nSPS) is 12.5. The van der Waals surface area contributed by atoms with Gasteiger partial charge < -0.3 is 29.2 Å². The molecule has 0 saturated heterocycles. The van der Waals surface area contributed by atoms with Gasteiger partial charge in [0, 0.05) is 22.9 Å². The first-order chi connectivity index (χ1) is 14.5. The molecular formula is C22H24O8. The summed E-state index contributed by atoms with van der Waals surface area (Å²) in [5.74, 6) is -0.297. The summed E-state index contributed by atoms with van der Waals surface area (Å²) in [5.41, 5.74) is 0. The van der Waals surface area contributed by atoms with Gasteiger partial charge in [0.25, 0.3) is 0 Å². The molecule has 0 aromatic heterocycles. The van der Waals surface area contributed by atoms with Gasteiger partial charge in [-0.25, -0.2) is 9.59 Å². The second-order valence-electron chi connectivity index (χ2n) is 6.12. The molecule has 0 heterocycles. The van der Waals surface area contributed by atoms with E-state index in [0.717, 1.165) is 22.9 Å². The quantitative estimate of drug-likeness (QED) is 0.398. The number of hydrogen-bond donors (Lipinski definition) is 2. The molecule has 0 spiro atoms. The van der Waals surface area contributed by atoms with Gasteiger partial charge in [-0.3, -0.25) is 0 Å². The molecule has 0 saturated carbocycles. The van der Waals surface area contributed by atoms with Crippen LogP contribution < -0.4 is 9.47 Å². The first kappa shape index (κ1) is 22.9. The molecule has 0 aliphatic rings. The SMILES string of the molecule is C=CC(=O)OC(CO)COc1ccc(OCC(CO)OC(=O)C=C)c2ccccc12. The molecule has 2 aromatic carbocycles. The fourth-order valence-electron chi connectivity index (χ4n) is 2.53. The van der Waals surface area contributed by atoms with Gasteiger partial charge in [0.15, 0.2) is 12.2 Å². The van der Waals surface area contributed by atoms with E-state index in [-0.39, 0.29) is 13.2 Å². The highest BCUT2D eigenvalue weighted by atomic mass is 16.6. The molecule has 2 rings (SSSR count). The van der Waals surface area contributed by atoms with Crippen LogP contribution in [0.4, 0.5) is 0 Å². The average Bonchev–Trinajstić information content (AvgIpc) is 2.79. The van der Waals surface area contributed by atoms with E-state index in [9.17, 15) is 19.8 Å². The fraction of sp³-hybridized carbons (Fsp3) is 0.273.